The molecule has 68 valence electrons. The number of carbonyl (C=O) groups is 1. The van der Waals surface area contributed by atoms with Gasteiger partial charge in [0, 0.05) is 6.42 Å². The highest BCUT2D eigenvalue weighted by atomic mass is 32.2. The Morgan fingerprint density at radius 3 is 2.09 bits per heavy atom. The van der Waals surface area contributed by atoms with Crippen LogP contribution < -0.4 is 4.72 Å². The molecule has 0 atom stereocenters. The Labute approximate surface area is 72.2 Å². The first kappa shape index (κ1) is 10.8. The summed E-state index contributed by atoms with van der Waals surface area (Å²) in [5, 5.41) is 0. The summed E-state index contributed by atoms with van der Waals surface area (Å²) in [5.74, 6) is 0.175. The third-order valence-electron chi connectivity index (χ3n) is 1.04. The molecule has 0 aliphatic rings. The van der Waals surface area contributed by atoms with E-state index in [-0.39, 0.29) is 22.4 Å². The van der Waals surface area contributed by atoms with E-state index in [2.05, 4.69) is 25.5 Å². The molecule has 1 N–H and O–H groups in total. The summed E-state index contributed by atoms with van der Waals surface area (Å²) in [5.41, 5.74) is 0.107. The maximum Gasteiger partial charge on any atom is 0.228 e. The summed E-state index contributed by atoms with van der Waals surface area (Å²) in [6, 6.07) is 0. The highest BCUT2D eigenvalue weighted by Crippen LogP contribution is 2.19. The minimum atomic E-state index is -0.292. The number of carbonyl (C=O) groups excluding carboxylic acids is 1. The average Bonchev–Trinajstić information content (AvgIpc) is 1.53. The van der Waals surface area contributed by atoms with Crippen LogP contribution in [0.2, 0.25) is 0 Å². The van der Waals surface area contributed by atoms with Gasteiger partial charge in [0.1, 0.15) is 0 Å². The maximum absolute atomic E-state index is 11.2. The van der Waals surface area contributed by atoms with Gasteiger partial charge in [-0.25, -0.2) is 0 Å². The molecular weight excluding hydrogens is 158 g/mol. The molecule has 0 saturated heterocycles. The van der Waals surface area contributed by atoms with Crippen LogP contribution in [0.15, 0.2) is 0 Å². The molecule has 0 fully saturated rings. The van der Waals surface area contributed by atoms with Gasteiger partial charge in [-0.15, -0.1) is 0 Å². The lowest BCUT2D eigenvalue weighted by atomic mass is 9.92. The molecule has 11 heavy (non-hydrogen) atoms. The van der Waals surface area contributed by atoms with Crippen molar-refractivity contribution in [2.75, 3.05) is 12.5 Å². The zero-order valence-corrected chi connectivity index (χ0v) is 8.96. The largest absolute Gasteiger partial charge is 0.321 e. The van der Waals surface area contributed by atoms with E-state index in [4.69, 9.17) is 0 Å². The van der Waals surface area contributed by atoms with Gasteiger partial charge in [0.25, 0.3) is 0 Å². The molecule has 0 aromatic rings. The molecule has 0 radical (unpaired) electrons. The van der Waals surface area contributed by atoms with Crippen molar-refractivity contribution >= 4 is 17.0 Å². The molecule has 2 nitrogen and oxygen atoms in total. The molecule has 0 rings (SSSR count). The molecule has 0 unspecified atom stereocenters. The number of nitrogens with one attached hydrogen (secondary N) is 1. The predicted molar refractivity (Wildman–Crippen MR) is 53.0 cm³/mol. The van der Waals surface area contributed by atoms with Crippen molar-refractivity contribution in [2.24, 2.45) is 5.41 Å². The molecule has 0 aromatic carbocycles. The van der Waals surface area contributed by atoms with Gasteiger partial charge in [-0.1, -0.05) is 20.8 Å². The Balaban J connectivity index is 3.71. The number of thiol groups is 1. The van der Waals surface area contributed by atoms with Crippen LogP contribution in [0.25, 0.3) is 0 Å². The van der Waals surface area contributed by atoms with E-state index in [9.17, 15) is 4.79 Å². The Kier molecular flexibility index (Phi) is 3.93. The average molecular weight is 177 g/mol. The lowest BCUT2D eigenvalue weighted by molar-refractivity contribution is -0.120. The lowest BCUT2D eigenvalue weighted by Gasteiger charge is -2.19. The SMILES string of the molecule is C[SH](C)NC(=O)CC(C)(C)C. The molecule has 0 bridgehead atoms. The lowest BCUT2D eigenvalue weighted by Crippen LogP contribution is -2.24. The standard InChI is InChI=1S/C8H19NOS/c1-8(2,3)6-7(10)9-11(4)5/h11H,6H2,1-5H3,(H,9,10). The van der Waals surface area contributed by atoms with Gasteiger partial charge in [0.15, 0.2) is 0 Å². The van der Waals surface area contributed by atoms with Crippen molar-refractivity contribution in [3.63, 3.8) is 0 Å². The maximum atomic E-state index is 11.2. The van der Waals surface area contributed by atoms with E-state index in [0.717, 1.165) is 0 Å². The zero-order valence-electron chi connectivity index (χ0n) is 8.06. The van der Waals surface area contributed by atoms with E-state index in [1.807, 2.05) is 12.5 Å². The van der Waals surface area contributed by atoms with Gasteiger partial charge >= 0.3 is 0 Å². The Bertz CT molecular complexity index is 138. The van der Waals surface area contributed by atoms with Crippen LogP contribution in [0.5, 0.6) is 0 Å². The van der Waals surface area contributed by atoms with E-state index >= 15 is 0 Å². The number of rotatable bonds is 2. The van der Waals surface area contributed by atoms with Crippen LogP contribution in [0, 0.1) is 5.41 Å². The van der Waals surface area contributed by atoms with E-state index in [1.165, 1.54) is 0 Å². The monoisotopic (exact) mass is 177 g/mol. The van der Waals surface area contributed by atoms with Gasteiger partial charge < -0.3 is 4.72 Å². The fourth-order valence-electron chi connectivity index (χ4n) is 0.771. The van der Waals surface area contributed by atoms with Crippen LogP contribution in [0.4, 0.5) is 0 Å². The summed E-state index contributed by atoms with van der Waals surface area (Å²) >= 11 is -0.292. The van der Waals surface area contributed by atoms with E-state index < -0.39 is 0 Å². The molecule has 0 aliphatic heterocycles. The Hall–Kier alpha value is -0.180. The summed E-state index contributed by atoms with van der Waals surface area (Å²) in [6.07, 6.45) is 4.69. The van der Waals surface area contributed by atoms with Crippen LogP contribution >= 0.6 is 11.1 Å². The van der Waals surface area contributed by atoms with Gasteiger partial charge in [-0.05, 0) is 17.9 Å². The third-order valence-corrected chi connectivity index (χ3v) is 1.74. The molecule has 0 aromatic heterocycles. The minimum Gasteiger partial charge on any atom is -0.321 e. The van der Waals surface area contributed by atoms with Crippen LogP contribution in [-0.2, 0) is 4.79 Å². The third kappa shape index (κ3) is 7.72. The van der Waals surface area contributed by atoms with E-state index in [1.54, 1.807) is 0 Å². The second-order valence-electron chi connectivity index (χ2n) is 4.17. The number of hydrogen-bond donors (Lipinski definition) is 2. The van der Waals surface area contributed by atoms with Crippen molar-refractivity contribution in [3.05, 3.63) is 0 Å². The second kappa shape index (κ2) is 4.00. The van der Waals surface area contributed by atoms with Crippen molar-refractivity contribution in [1.82, 2.24) is 4.72 Å². The topological polar surface area (TPSA) is 29.1 Å². The van der Waals surface area contributed by atoms with Crippen molar-refractivity contribution in [3.8, 4) is 0 Å². The zero-order chi connectivity index (χ0) is 9.07. The van der Waals surface area contributed by atoms with Crippen LogP contribution in [-0.4, -0.2) is 18.4 Å². The van der Waals surface area contributed by atoms with E-state index in [0.29, 0.717) is 6.42 Å². The van der Waals surface area contributed by atoms with Crippen LogP contribution in [0.3, 0.4) is 0 Å². The molecular formula is C8H19NOS. The normalized spacial score (nSPS) is 12.6. The van der Waals surface area contributed by atoms with Gasteiger partial charge in [0.2, 0.25) is 5.91 Å². The van der Waals surface area contributed by atoms with Crippen molar-refractivity contribution in [2.45, 2.75) is 27.2 Å². The fourth-order valence-corrected chi connectivity index (χ4v) is 1.35. The van der Waals surface area contributed by atoms with Crippen molar-refractivity contribution < 1.29 is 4.79 Å². The van der Waals surface area contributed by atoms with Gasteiger partial charge in [0.05, 0.1) is 0 Å². The number of hydrogen-bond acceptors (Lipinski definition) is 1. The molecule has 3 heteroatoms. The highest BCUT2D eigenvalue weighted by molar-refractivity contribution is 8.14. The first-order chi connectivity index (χ1) is 4.81. The van der Waals surface area contributed by atoms with Gasteiger partial charge in [-0.2, -0.15) is 11.1 Å². The highest BCUT2D eigenvalue weighted by Gasteiger charge is 2.15. The molecule has 0 aliphatic carbocycles. The molecule has 0 heterocycles. The molecule has 0 saturated carbocycles. The molecule has 0 spiro atoms. The minimum absolute atomic E-state index is 0.107. The fraction of sp³-hybridized carbons (Fsp3) is 0.875. The first-order valence-electron chi connectivity index (χ1n) is 3.78. The summed E-state index contributed by atoms with van der Waals surface area (Å²) in [4.78, 5) is 11.2. The number of amides is 1. The van der Waals surface area contributed by atoms with Crippen LogP contribution in [0.1, 0.15) is 27.2 Å². The smallest absolute Gasteiger partial charge is 0.228 e. The quantitative estimate of drug-likeness (QED) is 0.618. The van der Waals surface area contributed by atoms with Gasteiger partial charge in [-0.3, -0.25) is 4.79 Å². The predicted octanol–water partition coefficient (Wildman–Crippen LogP) is 1.71. The summed E-state index contributed by atoms with van der Waals surface area (Å²) in [6.45, 7) is 6.21. The summed E-state index contributed by atoms with van der Waals surface area (Å²) in [7, 11) is 0. The second-order valence-corrected chi connectivity index (χ2v) is 6.18. The Morgan fingerprint density at radius 1 is 1.36 bits per heavy atom. The van der Waals surface area contributed by atoms with Crippen molar-refractivity contribution in [1.29, 1.82) is 0 Å². The molecule has 1 amide bonds. The summed E-state index contributed by atoms with van der Waals surface area (Å²) < 4.78 is 2.93. The Morgan fingerprint density at radius 2 is 1.82 bits per heavy atom. The first-order valence-corrected chi connectivity index (χ1v) is 6.02.